The van der Waals surface area contributed by atoms with E-state index in [0.29, 0.717) is 6.42 Å². The van der Waals surface area contributed by atoms with Crippen LogP contribution < -0.4 is 10.1 Å². The summed E-state index contributed by atoms with van der Waals surface area (Å²) >= 11 is 0. The maximum atomic E-state index is 13.0. The molecule has 0 radical (unpaired) electrons. The molecule has 5 aromatic rings. The minimum Gasteiger partial charge on any atom is -0.457 e. The maximum absolute atomic E-state index is 13.0. The van der Waals surface area contributed by atoms with E-state index in [4.69, 9.17) is 9.15 Å². The van der Waals surface area contributed by atoms with Gasteiger partial charge in [0.2, 0.25) is 5.91 Å². The van der Waals surface area contributed by atoms with Crippen molar-refractivity contribution in [3.8, 4) is 11.5 Å². The Morgan fingerprint density at radius 2 is 1.39 bits per heavy atom. The number of hydrogen-bond donors (Lipinski definition) is 1. The van der Waals surface area contributed by atoms with Crippen LogP contribution in [0.25, 0.3) is 21.9 Å². The number of para-hydroxylation sites is 3. The Balaban J connectivity index is 1.30. The number of furan rings is 1. The smallest absolute Gasteiger partial charge is 0.225 e. The molecule has 0 atom stereocenters. The van der Waals surface area contributed by atoms with E-state index in [-0.39, 0.29) is 11.8 Å². The summed E-state index contributed by atoms with van der Waals surface area (Å²) in [4.78, 5) is 13.0. The second-order valence-electron chi connectivity index (χ2n) is 7.79. The van der Waals surface area contributed by atoms with Gasteiger partial charge in [0, 0.05) is 46.0 Å². The molecular weight excluding hydrogens is 386 g/mol. The number of rotatable bonds is 3. The zero-order valence-corrected chi connectivity index (χ0v) is 16.7. The molecule has 0 saturated carbocycles. The first-order valence-electron chi connectivity index (χ1n) is 10.3. The van der Waals surface area contributed by atoms with Crippen LogP contribution in [-0.4, -0.2) is 5.91 Å². The monoisotopic (exact) mass is 405 g/mol. The van der Waals surface area contributed by atoms with Gasteiger partial charge < -0.3 is 14.5 Å². The number of hydrogen-bond acceptors (Lipinski definition) is 3. The van der Waals surface area contributed by atoms with E-state index < -0.39 is 0 Å². The molecule has 0 spiro atoms. The summed E-state index contributed by atoms with van der Waals surface area (Å²) in [6.45, 7) is 0. The molecule has 0 fully saturated rings. The van der Waals surface area contributed by atoms with Gasteiger partial charge in [0.05, 0.1) is 0 Å². The van der Waals surface area contributed by atoms with Gasteiger partial charge in [0.25, 0.3) is 0 Å². The molecule has 1 amide bonds. The third kappa shape index (κ3) is 3.04. The van der Waals surface area contributed by atoms with Crippen LogP contribution in [0.5, 0.6) is 11.5 Å². The van der Waals surface area contributed by atoms with E-state index in [1.165, 1.54) is 0 Å². The molecule has 0 bridgehead atoms. The quantitative estimate of drug-likeness (QED) is 0.357. The fraction of sp³-hybridized carbons (Fsp3) is 0.0741. The summed E-state index contributed by atoms with van der Waals surface area (Å²) in [6, 6.07) is 29.6. The van der Waals surface area contributed by atoms with E-state index in [2.05, 4.69) is 5.32 Å². The predicted octanol–water partition coefficient (Wildman–Crippen LogP) is 6.85. The molecule has 4 nitrogen and oxygen atoms in total. The van der Waals surface area contributed by atoms with Gasteiger partial charge >= 0.3 is 0 Å². The minimum absolute atomic E-state index is 0.0491. The minimum atomic E-state index is -0.0592. The highest BCUT2D eigenvalue weighted by molar-refractivity contribution is 6.06. The third-order valence-corrected chi connectivity index (χ3v) is 5.86. The van der Waals surface area contributed by atoms with Crippen LogP contribution in [0, 0.1) is 0 Å². The lowest BCUT2D eigenvalue weighted by Gasteiger charge is -2.27. The number of fused-ring (bicyclic) bond motifs is 5. The van der Waals surface area contributed by atoms with Crippen molar-refractivity contribution in [2.75, 3.05) is 5.32 Å². The van der Waals surface area contributed by atoms with Crippen LogP contribution in [0.3, 0.4) is 0 Å². The van der Waals surface area contributed by atoms with Gasteiger partial charge in [-0.1, -0.05) is 54.6 Å². The van der Waals surface area contributed by atoms with Gasteiger partial charge in [-0.25, -0.2) is 0 Å². The number of amides is 1. The summed E-state index contributed by atoms with van der Waals surface area (Å²) in [7, 11) is 0. The van der Waals surface area contributed by atoms with E-state index in [1.807, 2.05) is 91.0 Å². The van der Waals surface area contributed by atoms with Gasteiger partial charge in [-0.2, -0.15) is 0 Å². The number of anilines is 1. The van der Waals surface area contributed by atoms with Crippen molar-refractivity contribution in [2.24, 2.45) is 0 Å². The Labute approximate surface area is 179 Å². The molecule has 4 heteroatoms. The number of nitrogens with one attached hydrogen (secondary N) is 1. The second kappa shape index (κ2) is 7.03. The zero-order valence-electron chi connectivity index (χ0n) is 16.7. The topological polar surface area (TPSA) is 51.5 Å². The third-order valence-electron chi connectivity index (χ3n) is 5.86. The SMILES string of the molecule is O=C(CC1c2ccccc2Oc2ccccc21)Nc1ccc2c(c1)oc1ccccc12. The van der Waals surface area contributed by atoms with Crippen molar-refractivity contribution in [3.63, 3.8) is 0 Å². The lowest BCUT2D eigenvalue weighted by Crippen LogP contribution is -2.19. The summed E-state index contributed by atoms with van der Waals surface area (Å²) in [5.41, 5.74) is 4.40. The standard InChI is InChI=1S/C27H19NO3/c29-27(28-17-13-14-21-18-7-1-4-10-23(18)31-26(21)15-17)16-22-19-8-2-5-11-24(19)30-25-12-6-3-9-20(22)25/h1-15,22H,16H2,(H,28,29). The van der Waals surface area contributed by atoms with E-state index in [1.54, 1.807) is 0 Å². The van der Waals surface area contributed by atoms with Crippen LogP contribution in [0.15, 0.2) is 95.4 Å². The van der Waals surface area contributed by atoms with Crippen molar-refractivity contribution in [1.82, 2.24) is 0 Å². The van der Waals surface area contributed by atoms with Crippen molar-refractivity contribution in [2.45, 2.75) is 12.3 Å². The van der Waals surface area contributed by atoms with Crippen molar-refractivity contribution >= 4 is 33.5 Å². The number of carbonyl (C=O) groups excluding carboxylic acids is 1. The summed E-state index contributed by atoms with van der Waals surface area (Å²) < 4.78 is 12.0. The Morgan fingerprint density at radius 1 is 0.742 bits per heavy atom. The molecule has 1 aliphatic heterocycles. The first kappa shape index (κ1) is 17.8. The predicted molar refractivity (Wildman–Crippen MR) is 122 cm³/mol. The second-order valence-corrected chi connectivity index (χ2v) is 7.79. The van der Waals surface area contributed by atoms with Gasteiger partial charge in [0.1, 0.15) is 22.7 Å². The van der Waals surface area contributed by atoms with Crippen LogP contribution in [0.4, 0.5) is 5.69 Å². The van der Waals surface area contributed by atoms with Gasteiger partial charge in [-0.3, -0.25) is 4.79 Å². The highest BCUT2D eigenvalue weighted by atomic mass is 16.5. The average Bonchev–Trinajstić information content (AvgIpc) is 3.16. The molecular formula is C27H19NO3. The Hall–Kier alpha value is -4.05. The molecule has 2 heterocycles. The fourth-order valence-electron chi connectivity index (χ4n) is 4.43. The van der Waals surface area contributed by atoms with Gasteiger partial charge in [-0.15, -0.1) is 0 Å². The Morgan fingerprint density at radius 3 is 2.16 bits per heavy atom. The average molecular weight is 405 g/mol. The lowest BCUT2D eigenvalue weighted by molar-refractivity contribution is -0.116. The molecule has 0 unspecified atom stereocenters. The summed E-state index contributed by atoms with van der Waals surface area (Å²) in [5, 5.41) is 5.16. The Kier molecular flexibility index (Phi) is 4.03. The van der Waals surface area contributed by atoms with Crippen LogP contribution in [0.1, 0.15) is 23.5 Å². The highest BCUT2D eigenvalue weighted by Gasteiger charge is 2.28. The highest BCUT2D eigenvalue weighted by Crippen LogP contribution is 2.45. The lowest BCUT2D eigenvalue weighted by atomic mass is 9.85. The van der Waals surface area contributed by atoms with Crippen molar-refractivity contribution < 1.29 is 13.9 Å². The number of ether oxygens (including phenoxy) is 1. The molecule has 150 valence electrons. The summed E-state index contributed by atoms with van der Waals surface area (Å²) in [5.74, 6) is 1.51. The van der Waals surface area contributed by atoms with Gasteiger partial charge in [-0.05, 0) is 30.3 Å². The van der Waals surface area contributed by atoms with E-state index in [9.17, 15) is 4.79 Å². The molecule has 6 rings (SSSR count). The molecule has 0 saturated heterocycles. The summed E-state index contributed by atoms with van der Waals surface area (Å²) in [6.07, 6.45) is 0.329. The zero-order chi connectivity index (χ0) is 20.8. The van der Waals surface area contributed by atoms with Crippen LogP contribution in [0.2, 0.25) is 0 Å². The normalized spacial score (nSPS) is 12.9. The van der Waals surface area contributed by atoms with E-state index in [0.717, 1.165) is 50.3 Å². The first-order chi connectivity index (χ1) is 15.3. The van der Waals surface area contributed by atoms with Crippen molar-refractivity contribution in [1.29, 1.82) is 0 Å². The largest absolute Gasteiger partial charge is 0.457 e. The van der Waals surface area contributed by atoms with Gasteiger partial charge in [0.15, 0.2) is 0 Å². The molecule has 31 heavy (non-hydrogen) atoms. The number of carbonyl (C=O) groups is 1. The Bertz CT molecular complexity index is 1400. The molecule has 0 aliphatic carbocycles. The van der Waals surface area contributed by atoms with E-state index >= 15 is 0 Å². The maximum Gasteiger partial charge on any atom is 0.225 e. The van der Waals surface area contributed by atoms with Crippen LogP contribution >= 0.6 is 0 Å². The molecule has 1 aliphatic rings. The molecule has 1 N–H and O–H groups in total. The molecule has 4 aromatic carbocycles. The molecule has 1 aromatic heterocycles. The fourth-order valence-corrected chi connectivity index (χ4v) is 4.43. The van der Waals surface area contributed by atoms with Crippen molar-refractivity contribution in [3.05, 3.63) is 102 Å². The first-order valence-corrected chi connectivity index (χ1v) is 10.3. The van der Waals surface area contributed by atoms with Crippen LogP contribution in [-0.2, 0) is 4.79 Å². The number of benzene rings is 4.